The molecule has 1 heterocycles. The molecule has 0 saturated carbocycles. The molecule has 4 rings (SSSR count). The molecule has 7 heteroatoms. The van der Waals surface area contributed by atoms with Crippen LogP contribution in [0.5, 0.6) is 11.5 Å². The van der Waals surface area contributed by atoms with Gasteiger partial charge in [0.05, 0.1) is 13.7 Å². The molecule has 0 saturated heterocycles. The zero-order valence-electron chi connectivity index (χ0n) is 19.6. The number of nitrogens with one attached hydrogen (secondary N) is 1. The van der Waals surface area contributed by atoms with E-state index in [1.165, 1.54) is 12.1 Å². The highest BCUT2D eigenvalue weighted by atomic mass is 19.1. The van der Waals surface area contributed by atoms with Crippen molar-refractivity contribution in [3.63, 3.8) is 0 Å². The summed E-state index contributed by atoms with van der Waals surface area (Å²) in [6, 6.07) is 21.7. The molecule has 0 fully saturated rings. The highest BCUT2D eigenvalue weighted by molar-refractivity contribution is 6.01. The van der Waals surface area contributed by atoms with Crippen molar-refractivity contribution in [1.29, 1.82) is 0 Å². The molecule has 0 unspecified atom stereocenters. The summed E-state index contributed by atoms with van der Waals surface area (Å²) in [5, 5.41) is 7.01. The van der Waals surface area contributed by atoms with E-state index in [0.29, 0.717) is 23.7 Å². The van der Waals surface area contributed by atoms with Crippen molar-refractivity contribution < 1.29 is 18.7 Å². The highest BCUT2D eigenvalue weighted by Gasteiger charge is 2.07. The Morgan fingerprint density at radius 3 is 2.71 bits per heavy atom. The highest BCUT2D eigenvalue weighted by Crippen LogP contribution is 2.23. The lowest BCUT2D eigenvalue weighted by molar-refractivity contribution is -0.111. The fourth-order valence-electron chi connectivity index (χ4n) is 3.54. The number of benzene rings is 3. The molecule has 3 aromatic carbocycles. The van der Waals surface area contributed by atoms with Gasteiger partial charge in [-0.2, -0.15) is 5.10 Å². The van der Waals surface area contributed by atoms with Gasteiger partial charge in [0.1, 0.15) is 23.9 Å². The van der Waals surface area contributed by atoms with Crippen LogP contribution in [0, 0.1) is 12.7 Å². The predicted octanol–water partition coefficient (Wildman–Crippen LogP) is 5.62. The number of methoxy groups -OCH3 is 1. The number of rotatable bonds is 9. The Hall–Kier alpha value is -4.39. The topological polar surface area (TPSA) is 65.4 Å². The van der Waals surface area contributed by atoms with Crippen molar-refractivity contribution in [3.05, 3.63) is 113 Å². The number of hydrogen-bond donors (Lipinski definition) is 1. The molecule has 0 bridgehead atoms. The summed E-state index contributed by atoms with van der Waals surface area (Å²) in [5.41, 5.74) is 3.33. The quantitative estimate of drug-likeness (QED) is 0.322. The van der Waals surface area contributed by atoms with Crippen LogP contribution in [0.15, 0.2) is 85.1 Å². The summed E-state index contributed by atoms with van der Waals surface area (Å²) < 4.78 is 26.8. The van der Waals surface area contributed by atoms with Gasteiger partial charge < -0.3 is 14.8 Å². The van der Waals surface area contributed by atoms with Gasteiger partial charge in [0.2, 0.25) is 5.91 Å². The summed E-state index contributed by atoms with van der Waals surface area (Å²) in [4.78, 5) is 12.4. The summed E-state index contributed by atoms with van der Waals surface area (Å²) >= 11 is 0. The number of halogens is 1. The van der Waals surface area contributed by atoms with Gasteiger partial charge in [-0.1, -0.05) is 36.4 Å². The number of aromatic nitrogens is 2. The van der Waals surface area contributed by atoms with Gasteiger partial charge in [-0.05, 0) is 54.5 Å². The third kappa shape index (κ3) is 6.57. The minimum Gasteiger partial charge on any atom is -0.496 e. The fraction of sp³-hybridized carbons (Fsp3) is 0.143. The average Bonchev–Trinajstić information content (AvgIpc) is 3.29. The summed E-state index contributed by atoms with van der Waals surface area (Å²) in [7, 11) is 1.61. The van der Waals surface area contributed by atoms with Crippen molar-refractivity contribution in [2.45, 2.75) is 20.1 Å². The van der Waals surface area contributed by atoms with Crippen LogP contribution in [0.4, 0.5) is 10.2 Å². The maximum atomic E-state index is 13.8. The van der Waals surface area contributed by atoms with Gasteiger partial charge in [0.15, 0.2) is 5.82 Å². The van der Waals surface area contributed by atoms with Crippen molar-refractivity contribution in [2.75, 3.05) is 12.4 Å². The predicted molar refractivity (Wildman–Crippen MR) is 134 cm³/mol. The molecule has 0 spiro atoms. The van der Waals surface area contributed by atoms with Gasteiger partial charge in [-0.15, -0.1) is 0 Å². The van der Waals surface area contributed by atoms with Crippen molar-refractivity contribution in [2.24, 2.45) is 0 Å². The van der Waals surface area contributed by atoms with Gasteiger partial charge in [0.25, 0.3) is 0 Å². The second kappa shape index (κ2) is 11.2. The number of ether oxygens (including phenoxy) is 2. The molecule has 0 radical (unpaired) electrons. The maximum absolute atomic E-state index is 13.8. The second-order valence-corrected chi connectivity index (χ2v) is 7.99. The van der Waals surface area contributed by atoms with Crippen LogP contribution < -0.4 is 14.8 Å². The zero-order chi connectivity index (χ0) is 24.6. The molecule has 6 nitrogen and oxygen atoms in total. The third-order valence-corrected chi connectivity index (χ3v) is 5.30. The van der Waals surface area contributed by atoms with Crippen LogP contribution in [-0.2, 0) is 17.9 Å². The minimum atomic E-state index is -0.325. The number of amides is 1. The van der Waals surface area contributed by atoms with Crippen LogP contribution in [0.2, 0.25) is 0 Å². The molecular formula is C28H26FN3O3. The largest absolute Gasteiger partial charge is 0.496 e. The molecule has 0 atom stereocenters. The molecule has 178 valence electrons. The Kier molecular flexibility index (Phi) is 7.57. The molecule has 1 N–H and O–H groups in total. The normalized spacial score (nSPS) is 10.9. The number of anilines is 1. The first-order valence-corrected chi connectivity index (χ1v) is 11.1. The number of hydrogen-bond acceptors (Lipinski definition) is 4. The lowest BCUT2D eigenvalue weighted by Gasteiger charge is -2.11. The third-order valence-electron chi connectivity index (χ3n) is 5.30. The van der Waals surface area contributed by atoms with E-state index in [1.54, 1.807) is 48.3 Å². The second-order valence-electron chi connectivity index (χ2n) is 7.99. The first kappa shape index (κ1) is 23.8. The summed E-state index contributed by atoms with van der Waals surface area (Å²) in [6.45, 7) is 2.62. The first-order chi connectivity index (χ1) is 17.0. The molecule has 1 aromatic heterocycles. The van der Waals surface area contributed by atoms with Crippen molar-refractivity contribution >= 4 is 17.8 Å². The fourth-order valence-corrected chi connectivity index (χ4v) is 3.54. The number of carbonyl (C=O) groups excluding carboxylic acids is 1. The lowest BCUT2D eigenvalue weighted by Crippen LogP contribution is -2.09. The van der Waals surface area contributed by atoms with Crippen molar-refractivity contribution in [3.8, 4) is 11.5 Å². The van der Waals surface area contributed by atoms with Gasteiger partial charge >= 0.3 is 0 Å². The summed E-state index contributed by atoms with van der Waals surface area (Å²) in [6.07, 6.45) is 4.83. The van der Waals surface area contributed by atoms with Crippen molar-refractivity contribution in [1.82, 2.24) is 9.78 Å². The van der Waals surface area contributed by atoms with Crippen LogP contribution in [0.3, 0.4) is 0 Å². The SMILES string of the molecule is COc1ccc(/C=C/C(=O)Nc2ccn(Cc3ccccc3F)n2)cc1COc1cccc(C)c1. The standard InChI is InChI=1S/C28H26FN3O3/c1-20-6-5-8-24(16-20)35-19-23-17-21(10-12-26(23)34-2)11-13-28(33)30-27-14-15-32(31-27)18-22-7-3-4-9-25(22)29/h3-17H,18-19H2,1-2H3,(H,30,31,33)/b13-11+. The number of aryl methyl sites for hydroxylation is 1. The van der Waals surface area contributed by atoms with Crippen LogP contribution >= 0.6 is 0 Å². The van der Waals surface area contributed by atoms with E-state index in [9.17, 15) is 9.18 Å². The summed E-state index contributed by atoms with van der Waals surface area (Å²) in [5.74, 6) is 1.26. The van der Waals surface area contributed by atoms with E-state index in [2.05, 4.69) is 10.4 Å². The molecule has 1 amide bonds. The Labute approximate surface area is 203 Å². The zero-order valence-corrected chi connectivity index (χ0v) is 19.6. The Balaban J connectivity index is 1.37. The van der Waals surface area contributed by atoms with E-state index in [1.807, 2.05) is 49.4 Å². The molecule has 0 aliphatic carbocycles. The van der Waals surface area contributed by atoms with E-state index < -0.39 is 0 Å². The minimum absolute atomic E-state index is 0.275. The Morgan fingerprint density at radius 1 is 1.06 bits per heavy atom. The smallest absolute Gasteiger partial charge is 0.249 e. The van der Waals surface area contributed by atoms with E-state index in [-0.39, 0.29) is 18.3 Å². The van der Waals surface area contributed by atoms with E-state index in [4.69, 9.17) is 9.47 Å². The number of nitrogens with zero attached hydrogens (tertiary/aromatic N) is 2. The first-order valence-electron chi connectivity index (χ1n) is 11.1. The van der Waals surface area contributed by atoms with Gasteiger partial charge in [-0.25, -0.2) is 4.39 Å². The lowest BCUT2D eigenvalue weighted by atomic mass is 10.1. The van der Waals surface area contributed by atoms with E-state index in [0.717, 1.165) is 22.4 Å². The number of carbonyl (C=O) groups is 1. The molecule has 0 aliphatic rings. The molecule has 35 heavy (non-hydrogen) atoms. The molecular weight excluding hydrogens is 445 g/mol. The van der Waals surface area contributed by atoms with Crippen LogP contribution in [-0.4, -0.2) is 22.8 Å². The van der Waals surface area contributed by atoms with E-state index >= 15 is 0 Å². The maximum Gasteiger partial charge on any atom is 0.249 e. The van der Waals surface area contributed by atoms with Gasteiger partial charge in [0, 0.05) is 29.5 Å². The van der Waals surface area contributed by atoms with Crippen LogP contribution in [0.25, 0.3) is 6.08 Å². The monoisotopic (exact) mass is 471 g/mol. The van der Waals surface area contributed by atoms with Crippen LogP contribution in [0.1, 0.15) is 22.3 Å². The Bertz CT molecular complexity index is 1350. The Morgan fingerprint density at radius 2 is 1.91 bits per heavy atom. The molecule has 0 aliphatic heterocycles. The van der Waals surface area contributed by atoms with Gasteiger partial charge in [-0.3, -0.25) is 9.48 Å². The average molecular weight is 472 g/mol. The molecule has 4 aromatic rings.